The van der Waals surface area contributed by atoms with Crippen LogP contribution in [0.15, 0.2) is 54.6 Å². The molecule has 2 aromatic rings. The van der Waals surface area contributed by atoms with Crippen molar-refractivity contribution in [2.75, 3.05) is 11.9 Å². The molecule has 0 heterocycles. The number of anilines is 1. The first kappa shape index (κ1) is 22.8. The number of benzene rings is 2. The number of hydrogen-bond acceptors (Lipinski definition) is 5. The highest BCUT2D eigenvalue weighted by atomic mass is 16.5. The van der Waals surface area contributed by atoms with E-state index < -0.39 is 23.4 Å². The molecule has 7 heteroatoms. The van der Waals surface area contributed by atoms with E-state index in [9.17, 15) is 19.2 Å². The van der Waals surface area contributed by atoms with Crippen LogP contribution in [-0.2, 0) is 14.3 Å². The summed E-state index contributed by atoms with van der Waals surface area (Å²) in [6.45, 7) is 6.53. The molecule has 0 aliphatic heterocycles. The Kier molecular flexibility index (Phi) is 7.47. The number of rotatable bonds is 7. The molecule has 0 radical (unpaired) electrons. The van der Waals surface area contributed by atoms with Gasteiger partial charge in [0.05, 0.1) is 0 Å². The summed E-state index contributed by atoms with van der Waals surface area (Å²) in [6, 6.07) is 14.8. The van der Waals surface area contributed by atoms with Crippen molar-refractivity contribution < 1.29 is 23.9 Å². The highest BCUT2D eigenvalue weighted by Gasteiger charge is 2.22. The molecule has 30 heavy (non-hydrogen) atoms. The van der Waals surface area contributed by atoms with Gasteiger partial charge in [-0.3, -0.25) is 19.2 Å². The number of Topliss-reactive ketones (excluding diaryl/α,β-unsaturated/α-hetero) is 1. The van der Waals surface area contributed by atoms with Gasteiger partial charge >= 0.3 is 5.97 Å². The largest absolute Gasteiger partial charge is 0.453 e. The second kappa shape index (κ2) is 9.82. The van der Waals surface area contributed by atoms with E-state index >= 15 is 0 Å². The average Bonchev–Trinajstić information content (AvgIpc) is 2.72. The number of ketones is 1. The van der Waals surface area contributed by atoms with Crippen molar-refractivity contribution in [1.82, 2.24) is 5.32 Å². The van der Waals surface area contributed by atoms with Gasteiger partial charge < -0.3 is 15.4 Å². The summed E-state index contributed by atoms with van der Waals surface area (Å²) in [7, 11) is 0. The lowest BCUT2D eigenvalue weighted by molar-refractivity contribution is -0.145. The first-order valence-electron chi connectivity index (χ1n) is 9.56. The maximum absolute atomic E-state index is 12.5. The Morgan fingerprint density at radius 2 is 1.50 bits per heavy atom. The third kappa shape index (κ3) is 6.55. The Labute approximate surface area is 175 Å². The Balaban J connectivity index is 1.86. The minimum Gasteiger partial charge on any atom is -0.453 e. The first-order valence-corrected chi connectivity index (χ1v) is 9.56. The van der Waals surface area contributed by atoms with Gasteiger partial charge in [-0.15, -0.1) is 0 Å². The van der Waals surface area contributed by atoms with Crippen LogP contribution in [0.5, 0.6) is 0 Å². The first-order chi connectivity index (χ1) is 14.1. The van der Waals surface area contributed by atoms with Crippen molar-refractivity contribution in [2.45, 2.75) is 33.8 Å². The standard InChI is InChI=1S/C23H26N2O5/c1-15(30-19(26)14-24-21(28)17-8-6-5-7-9-17)20(27)16-10-12-18(13-11-16)25-22(29)23(2,3)4/h5-13,15H,14H2,1-4H3,(H,24,28)(H,25,29)/t15-/m1/s1. The highest BCUT2D eigenvalue weighted by Crippen LogP contribution is 2.18. The van der Waals surface area contributed by atoms with E-state index in [1.165, 1.54) is 6.92 Å². The van der Waals surface area contributed by atoms with E-state index in [1.54, 1.807) is 75.4 Å². The lowest BCUT2D eigenvalue weighted by Gasteiger charge is -2.18. The molecule has 0 aliphatic rings. The van der Waals surface area contributed by atoms with Crippen LogP contribution in [0.3, 0.4) is 0 Å². The minimum atomic E-state index is -1.01. The maximum atomic E-state index is 12.5. The van der Waals surface area contributed by atoms with Crippen molar-refractivity contribution >= 4 is 29.3 Å². The van der Waals surface area contributed by atoms with E-state index in [0.29, 0.717) is 16.8 Å². The fourth-order valence-corrected chi connectivity index (χ4v) is 2.41. The van der Waals surface area contributed by atoms with Gasteiger partial charge in [0.2, 0.25) is 11.7 Å². The van der Waals surface area contributed by atoms with Gasteiger partial charge in [0.15, 0.2) is 6.10 Å². The van der Waals surface area contributed by atoms with Crippen LogP contribution in [0.4, 0.5) is 5.69 Å². The second-order valence-corrected chi connectivity index (χ2v) is 7.83. The molecule has 0 unspecified atom stereocenters. The number of carbonyl (C=O) groups excluding carboxylic acids is 4. The van der Waals surface area contributed by atoms with E-state index in [-0.39, 0.29) is 18.2 Å². The second-order valence-electron chi connectivity index (χ2n) is 7.83. The summed E-state index contributed by atoms with van der Waals surface area (Å²) in [4.78, 5) is 48.4. The molecular weight excluding hydrogens is 384 g/mol. The van der Waals surface area contributed by atoms with Crippen LogP contribution in [0, 0.1) is 5.41 Å². The molecule has 1 atom stereocenters. The number of amides is 2. The van der Waals surface area contributed by atoms with E-state index in [0.717, 1.165) is 0 Å². The molecule has 0 saturated carbocycles. The fourth-order valence-electron chi connectivity index (χ4n) is 2.41. The van der Waals surface area contributed by atoms with Gasteiger partial charge in [0.25, 0.3) is 5.91 Å². The normalized spacial score (nSPS) is 11.9. The van der Waals surface area contributed by atoms with Crippen LogP contribution >= 0.6 is 0 Å². The predicted molar refractivity (Wildman–Crippen MR) is 113 cm³/mol. The van der Waals surface area contributed by atoms with Crippen LogP contribution < -0.4 is 10.6 Å². The van der Waals surface area contributed by atoms with E-state index in [1.807, 2.05) is 0 Å². The van der Waals surface area contributed by atoms with Gasteiger partial charge in [-0.1, -0.05) is 39.0 Å². The molecule has 0 saturated heterocycles. The molecule has 0 aliphatic carbocycles. The fraction of sp³-hybridized carbons (Fsp3) is 0.304. The summed E-state index contributed by atoms with van der Waals surface area (Å²) in [6.07, 6.45) is -1.01. The van der Waals surface area contributed by atoms with Crippen LogP contribution in [-0.4, -0.2) is 36.2 Å². The Morgan fingerprint density at radius 1 is 0.900 bits per heavy atom. The summed E-state index contributed by atoms with van der Waals surface area (Å²) < 4.78 is 5.12. The summed E-state index contributed by atoms with van der Waals surface area (Å²) >= 11 is 0. The lowest BCUT2D eigenvalue weighted by Crippen LogP contribution is -2.34. The molecule has 2 N–H and O–H groups in total. The maximum Gasteiger partial charge on any atom is 0.326 e. The predicted octanol–water partition coefficient (Wildman–Crippen LogP) is 3.22. The molecule has 0 bridgehead atoms. The van der Waals surface area contributed by atoms with Gasteiger partial charge in [-0.2, -0.15) is 0 Å². The number of hydrogen-bond donors (Lipinski definition) is 2. The minimum absolute atomic E-state index is 0.138. The van der Waals surface area contributed by atoms with E-state index in [4.69, 9.17) is 4.74 Å². The number of carbonyl (C=O) groups is 4. The Bertz CT molecular complexity index is 915. The van der Waals surface area contributed by atoms with Crippen molar-refractivity contribution in [3.63, 3.8) is 0 Å². The third-order valence-electron chi connectivity index (χ3n) is 4.22. The van der Waals surface area contributed by atoms with Crippen molar-refractivity contribution in [3.8, 4) is 0 Å². The Hall–Kier alpha value is -3.48. The van der Waals surface area contributed by atoms with Gasteiger partial charge in [-0.25, -0.2) is 0 Å². The van der Waals surface area contributed by atoms with Gasteiger partial charge in [0, 0.05) is 22.2 Å². The summed E-state index contributed by atoms with van der Waals surface area (Å²) in [5, 5.41) is 5.23. The molecule has 158 valence electrons. The van der Waals surface area contributed by atoms with Gasteiger partial charge in [0.1, 0.15) is 6.54 Å². The van der Waals surface area contributed by atoms with Crippen molar-refractivity contribution in [3.05, 3.63) is 65.7 Å². The molecule has 0 fully saturated rings. The summed E-state index contributed by atoms with van der Waals surface area (Å²) in [5.74, 6) is -1.64. The molecular formula is C23H26N2O5. The monoisotopic (exact) mass is 410 g/mol. The third-order valence-corrected chi connectivity index (χ3v) is 4.22. The number of ether oxygens (including phenoxy) is 1. The SMILES string of the molecule is C[C@@H](OC(=O)CNC(=O)c1ccccc1)C(=O)c1ccc(NC(=O)C(C)(C)C)cc1. The van der Waals surface area contributed by atoms with Crippen LogP contribution in [0.1, 0.15) is 48.4 Å². The molecule has 2 rings (SSSR count). The van der Waals surface area contributed by atoms with Crippen LogP contribution in [0.2, 0.25) is 0 Å². The molecule has 0 spiro atoms. The Morgan fingerprint density at radius 3 is 2.07 bits per heavy atom. The highest BCUT2D eigenvalue weighted by molar-refractivity contribution is 6.01. The molecule has 7 nitrogen and oxygen atoms in total. The zero-order valence-corrected chi connectivity index (χ0v) is 17.5. The zero-order valence-electron chi connectivity index (χ0n) is 17.5. The number of esters is 1. The molecule has 0 aromatic heterocycles. The van der Waals surface area contributed by atoms with Crippen LogP contribution in [0.25, 0.3) is 0 Å². The zero-order chi connectivity index (χ0) is 22.3. The van der Waals surface area contributed by atoms with Crippen molar-refractivity contribution in [2.24, 2.45) is 5.41 Å². The molecule has 2 amide bonds. The quantitative estimate of drug-likeness (QED) is 0.539. The smallest absolute Gasteiger partial charge is 0.326 e. The molecule has 2 aromatic carbocycles. The lowest BCUT2D eigenvalue weighted by atomic mass is 9.95. The average molecular weight is 410 g/mol. The van der Waals surface area contributed by atoms with Crippen molar-refractivity contribution in [1.29, 1.82) is 0 Å². The van der Waals surface area contributed by atoms with Gasteiger partial charge in [-0.05, 0) is 43.3 Å². The van der Waals surface area contributed by atoms with E-state index in [2.05, 4.69) is 10.6 Å². The topological polar surface area (TPSA) is 102 Å². The summed E-state index contributed by atoms with van der Waals surface area (Å²) in [5.41, 5.74) is 0.804. The number of nitrogens with one attached hydrogen (secondary N) is 2.